The van der Waals surface area contributed by atoms with Gasteiger partial charge in [0.2, 0.25) is 0 Å². The highest BCUT2D eigenvalue weighted by Crippen LogP contribution is 2.13. The van der Waals surface area contributed by atoms with E-state index in [2.05, 4.69) is 16.9 Å². The summed E-state index contributed by atoms with van der Waals surface area (Å²) in [5.74, 6) is 0.0593. The van der Waals surface area contributed by atoms with Crippen molar-refractivity contribution in [3.63, 3.8) is 0 Å². The maximum Gasteiger partial charge on any atom is 0.254 e. The molecular weight excluding hydrogens is 228 g/mol. The van der Waals surface area contributed by atoms with Crippen LogP contribution in [0.3, 0.4) is 0 Å². The highest BCUT2D eigenvalue weighted by atomic mass is 16.2. The first-order valence-electron chi connectivity index (χ1n) is 6.24. The number of likely N-dealkylation sites (N-methyl/N-ethyl adjacent to an activating group) is 1. The Morgan fingerprint density at radius 3 is 3.00 bits per heavy atom. The van der Waals surface area contributed by atoms with E-state index in [9.17, 15) is 4.79 Å². The molecule has 0 radical (unpaired) electrons. The third-order valence-electron chi connectivity index (χ3n) is 3.36. The second kappa shape index (κ2) is 5.46. The van der Waals surface area contributed by atoms with E-state index in [0.717, 1.165) is 25.3 Å². The van der Waals surface area contributed by atoms with Crippen molar-refractivity contribution >= 4 is 5.91 Å². The summed E-state index contributed by atoms with van der Waals surface area (Å²) >= 11 is 0. The fraction of sp³-hybridized carbons (Fsp3) is 0.538. The quantitative estimate of drug-likeness (QED) is 0.806. The Bertz CT molecular complexity index is 435. The van der Waals surface area contributed by atoms with Gasteiger partial charge in [-0.2, -0.15) is 0 Å². The molecule has 5 heteroatoms. The predicted molar refractivity (Wildman–Crippen MR) is 70.3 cm³/mol. The second-order valence-corrected chi connectivity index (χ2v) is 4.84. The highest BCUT2D eigenvalue weighted by Gasteiger charge is 2.28. The molecule has 1 aromatic rings. The Morgan fingerprint density at radius 1 is 1.56 bits per heavy atom. The number of aryl methyl sites for hydroxylation is 1. The van der Waals surface area contributed by atoms with E-state index in [1.807, 2.05) is 17.9 Å². The third-order valence-corrected chi connectivity index (χ3v) is 3.36. The molecule has 98 valence electrons. The molecule has 2 heterocycles. The zero-order valence-corrected chi connectivity index (χ0v) is 11.0. The van der Waals surface area contributed by atoms with Gasteiger partial charge in [-0.15, -0.1) is 0 Å². The van der Waals surface area contributed by atoms with Gasteiger partial charge in [0.25, 0.3) is 5.91 Å². The van der Waals surface area contributed by atoms with Gasteiger partial charge in [-0.25, -0.2) is 0 Å². The fourth-order valence-corrected chi connectivity index (χ4v) is 2.32. The van der Waals surface area contributed by atoms with E-state index in [-0.39, 0.29) is 11.9 Å². The molecule has 0 bridgehead atoms. The van der Waals surface area contributed by atoms with Crippen LogP contribution >= 0.6 is 0 Å². The second-order valence-electron chi connectivity index (χ2n) is 4.84. The largest absolute Gasteiger partial charge is 0.332 e. The van der Waals surface area contributed by atoms with Crippen molar-refractivity contribution in [2.24, 2.45) is 5.73 Å². The molecule has 1 aromatic heterocycles. The Hall–Kier alpha value is -1.46. The summed E-state index contributed by atoms with van der Waals surface area (Å²) < 4.78 is 0. The van der Waals surface area contributed by atoms with E-state index in [4.69, 9.17) is 5.73 Å². The minimum absolute atomic E-state index is 0.0593. The molecule has 1 atom stereocenters. The van der Waals surface area contributed by atoms with Crippen LogP contribution in [0.1, 0.15) is 16.1 Å². The summed E-state index contributed by atoms with van der Waals surface area (Å²) in [6.45, 7) is 4.86. The number of amides is 1. The van der Waals surface area contributed by atoms with Crippen LogP contribution in [-0.4, -0.2) is 60.0 Å². The summed E-state index contributed by atoms with van der Waals surface area (Å²) in [7, 11) is 2.06. The number of aromatic nitrogens is 1. The molecule has 1 unspecified atom stereocenters. The van der Waals surface area contributed by atoms with Crippen molar-refractivity contribution in [1.29, 1.82) is 0 Å². The van der Waals surface area contributed by atoms with Crippen LogP contribution in [0, 0.1) is 6.92 Å². The topological polar surface area (TPSA) is 62.5 Å². The number of hydrogen-bond donors (Lipinski definition) is 1. The van der Waals surface area contributed by atoms with Gasteiger partial charge in [0.15, 0.2) is 0 Å². The van der Waals surface area contributed by atoms with Crippen LogP contribution in [0.25, 0.3) is 0 Å². The first kappa shape index (κ1) is 13.0. The summed E-state index contributed by atoms with van der Waals surface area (Å²) in [5.41, 5.74) is 7.33. The zero-order valence-electron chi connectivity index (χ0n) is 11.0. The average molecular weight is 248 g/mol. The predicted octanol–water partition coefficient (Wildman–Crippen LogP) is 0.105. The van der Waals surface area contributed by atoms with Gasteiger partial charge >= 0.3 is 0 Å². The molecule has 18 heavy (non-hydrogen) atoms. The molecule has 0 aromatic carbocycles. The van der Waals surface area contributed by atoms with E-state index in [1.54, 1.807) is 12.3 Å². The van der Waals surface area contributed by atoms with Crippen molar-refractivity contribution < 1.29 is 4.79 Å². The number of piperazine rings is 1. The smallest absolute Gasteiger partial charge is 0.254 e. The summed E-state index contributed by atoms with van der Waals surface area (Å²) in [6, 6.07) is 3.69. The summed E-state index contributed by atoms with van der Waals surface area (Å²) in [5, 5.41) is 0. The SMILES string of the molecule is Cc1cc(C(=O)N2CCN(C)CC2CN)ccn1. The molecule has 0 aliphatic carbocycles. The minimum atomic E-state index is 0.0593. The first-order chi connectivity index (χ1) is 8.61. The van der Waals surface area contributed by atoms with Gasteiger partial charge < -0.3 is 15.5 Å². The first-order valence-corrected chi connectivity index (χ1v) is 6.24. The molecule has 2 rings (SSSR count). The lowest BCUT2D eigenvalue weighted by molar-refractivity contribution is 0.0516. The lowest BCUT2D eigenvalue weighted by atomic mass is 10.1. The third kappa shape index (κ3) is 2.68. The molecule has 0 saturated carbocycles. The van der Waals surface area contributed by atoms with Gasteiger partial charge in [-0.05, 0) is 26.1 Å². The van der Waals surface area contributed by atoms with Gasteiger partial charge in [0, 0.05) is 43.6 Å². The fourth-order valence-electron chi connectivity index (χ4n) is 2.32. The maximum absolute atomic E-state index is 12.5. The van der Waals surface area contributed by atoms with Gasteiger partial charge in [-0.1, -0.05) is 0 Å². The van der Waals surface area contributed by atoms with Crippen LogP contribution in [0.15, 0.2) is 18.3 Å². The van der Waals surface area contributed by atoms with E-state index >= 15 is 0 Å². The van der Waals surface area contributed by atoms with Crippen molar-refractivity contribution in [3.05, 3.63) is 29.6 Å². The molecule has 2 N–H and O–H groups in total. The molecule has 1 aliphatic rings. The number of carbonyl (C=O) groups is 1. The normalized spacial score (nSPS) is 21.1. The molecule has 1 aliphatic heterocycles. The average Bonchev–Trinajstić information content (AvgIpc) is 2.37. The van der Waals surface area contributed by atoms with E-state index in [1.165, 1.54) is 0 Å². The molecule has 1 amide bonds. The van der Waals surface area contributed by atoms with Gasteiger partial charge in [-0.3, -0.25) is 9.78 Å². The Labute approximate surface area is 108 Å². The lowest BCUT2D eigenvalue weighted by Gasteiger charge is -2.39. The number of rotatable bonds is 2. The van der Waals surface area contributed by atoms with Crippen molar-refractivity contribution in [3.8, 4) is 0 Å². The lowest BCUT2D eigenvalue weighted by Crippen LogP contribution is -2.56. The van der Waals surface area contributed by atoms with Gasteiger partial charge in [0.1, 0.15) is 0 Å². The summed E-state index contributed by atoms with van der Waals surface area (Å²) in [4.78, 5) is 20.7. The number of pyridine rings is 1. The van der Waals surface area contributed by atoms with Crippen LogP contribution in [0.5, 0.6) is 0 Å². The number of carbonyl (C=O) groups excluding carboxylic acids is 1. The molecule has 1 saturated heterocycles. The van der Waals surface area contributed by atoms with Crippen molar-refractivity contribution in [1.82, 2.24) is 14.8 Å². The number of nitrogens with two attached hydrogens (primary N) is 1. The Balaban J connectivity index is 2.17. The highest BCUT2D eigenvalue weighted by molar-refractivity contribution is 5.94. The molecular formula is C13H20N4O. The molecule has 1 fully saturated rings. The Kier molecular flexibility index (Phi) is 3.93. The van der Waals surface area contributed by atoms with Gasteiger partial charge in [0.05, 0.1) is 6.04 Å². The van der Waals surface area contributed by atoms with Crippen molar-refractivity contribution in [2.75, 3.05) is 33.2 Å². The molecule has 0 spiro atoms. The minimum Gasteiger partial charge on any atom is -0.332 e. The standard InChI is InChI=1S/C13H20N4O/c1-10-7-11(3-4-15-10)13(18)17-6-5-16(2)9-12(17)8-14/h3-4,7,12H,5-6,8-9,14H2,1-2H3. The van der Waals surface area contributed by atoms with Crippen molar-refractivity contribution in [2.45, 2.75) is 13.0 Å². The van der Waals surface area contributed by atoms with Crippen LogP contribution in [0.2, 0.25) is 0 Å². The number of hydrogen-bond acceptors (Lipinski definition) is 4. The monoisotopic (exact) mass is 248 g/mol. The number of nitrogens with zero attached hydrogens (tertiary/aromatic N) is 3. The summed E-state index contributed by atoms with van der Waals surface area (Å²) in [6.07, 6.45) is 1.68. The zero-order chi connectivity index (χ0) is 13.1. The van der Waals surface area contributed by atoms with E-state index < -0.39 is 0 Å². The van der Waals surface area contributed by atoms with E-state index in [0.29, 0.717) is 12.1 Å². The Morgan fingerprint density at radius 2 is 2.33 bits per heavy atom. The maximum atomic E-state index is 12.5. The molecule has 5 nitrogen and oxygen atoms in total. The van der Waals surface area contributed by atoms with Crippen LogP contribution in [0.4, 0.5) is 0 Å². The van der Waals surface area contributed by atoms with Crippen LogP contribution < -0.4 is 5.73 Å². The van der Waals surface area contributed by atoms with Crippen LogP contribution in [-0.2, 0) is 0 Å².